The van der Waals surface area contributed by atoms with Crippen molar-refractivity contribution in [2.75, 3.05) is 19.5 Å². The maximum atomic E-state index is 14.1. The Morgan fingerprint density at radius 3 is 2.71 bits per heavy atom. The van der Waals surface area contributed by atoms with Crippen molar-refractivity contribution in [1.29, 1.82) is 0 Å². The Labute approximate surface area is 183 Å². The number of nitrogens with one attached hydrogen (secondary N) is 1. The number of aryl methyl sites for hydroxylation is 1. The third-order valence-electron chi connectivity index (χ3n) is 5.52. The van der Waals surface area contributed by atoms with Crippen LogP contribution in [0.4, 0.5) is 15.9 Å². The fraction of sp³-hybridized carbons (Fsp3) is 0.409. The lowest BCUT2D eigenvalue weighted by atomic mass is 9.94. The minimum absolute atomic E-state index is 0.0302. The largest absolute Gasteiger partial charge is 0.485 e. The van der Waals surface area contributed by atoms with Crippen LogP contribution in [0.1, 0.15) is 40.9 Å². The maximum Gasteiger partial charge on any atom is 0.348 e. The first-order valence-corrected chi connectivity index (χ1v) is 10.9. The SMILES string of the molecule is COC(=O)c1sc2ncnc(Nc3ccc(F)cc3O[C@@H]3CCCC[C@@H]3OC)c2c1C. The van der Waals surface area contributed by atoms with Crippen LogP contribution in [0.3, 0.4) is 0 Å². The number of thiophene rings is 1. The van der Waals surface area contributed by atoms with Gasteiger partial charge in [0.2, 0.25) is 0 Å². The van der Waals surface area contributed by atoms with Crippen molar-refractivity contribution in [1.82, 2.24) is 9.97 Å². The van der Waals surface area contributed by atoms with Crippen LogP contribution in [0.5, 0.6) is 5.75 Å². The summed E-state index contributed by atoms with van der Waals surface area (Å²) in [5.74, 6) is 0.0945. The number of ether oxygens (including phenoxy) is 3. The molecule has 0 aliphatic heterocycles. The standard InChI is InChI=1S/C22H24FN3O4S/c1-12-18-20(24-11-25-21(18)31-19(12)22(27)29-3)26-14-9-8-13(23)10-17(14)30-16-7-5-4-6-15(16)28-2/h8-11,15-16H,4-7H2,1-3H3,(H,24,25,26)/t15-,16+/m0/s1. The van der Waals surface area contributed by atoms with Crippen molar-refractivity contribution in [3.8, 4) is 5.75 Å². The molecule has 1 fully saturated rings. The molecule has 1 saturated carbocycles. The van der Waals surface area contributed by atoms with E-state index in [2.05, 4.69) is 15.3 Å². The zero-order chi connectivity index (χ0) is 22.0. The van der Waals surface area contributed by atoms with E-state index in [1.165, 1.54) is 36.9 Å². The molecule has 4 rings (SSSR count). The average molecular weight is 446 g/mol. The number of esters is 1. The first-order chi connectivity index (χ1) is 15.0. The van der Waals surface area contributed by atoms with E-state index >= 15 is 0 Å². The Kier molecular flexibility index (Phi) is 6.33. The Hall–Kier alpha value is -2.78. The van der Waals surface area contributed by atoms with Crippen LogP contribution < -0.4 is 10.1 Å². The average Bonchev–Trinajstić information content (AvgIpc) is 3.13. The Balaban J connectivity index is 1.69. The third-order valence-corrected chi connectivity index (χ3v) is 6.70. The minimum Gasteiger partial charge on any atom is -0.485 e. The molecule has 2 aromatic heterocycles. The number of fused-ring (bicyclic) bond motifs is 1. The van der Waals surface area contributed by atoms with Crippen LogP contribution in [-0.2, 0) is 9.47 Å². The van der Waals surface area contributed by atoms with E-state index in [1.54, 1.807) is 13.2 Å². The summed E-state index contributed by atoms with van der Waals surface area (Å²) in [5, 5.41) is 3.97. The molecule has 1 N–H and O–H groups in total. The van der Waals surface area contributed by atoms with E-state index in [1.807, 2.05) is 6.92 Å². The molecule has 1 aromatic carbocycles. The highest BCUT2D eigenvalue weighted by molar-refractivity contribution is 7.20. The minimum atomic E-state index is -0.417. The fourth-order valence-corrected chi connectivity index (χ4v) is 4.98. The van der Waals surface area contributed by atoms with Gasteiger partial charge < -0.3 is 19.5 Å². The molecule has 31 heavy (non-hydrogen) atoms. The van der Waals surface area contributed by atoms with Gasteiger partial charge in [-0.05, 0) is 43.9 Å². The summed E-state index contributed by atoms with van der Waals surface area (Å²) in [6.45, 7) is 1.83. The molecule has 0 bridgehead atoms. The van der Waals surface area contributed by atoms with Crippen molar-refractivity contribution in [2.24, 2.45) is 0 Å². The smallest absolute Gasteiger partial charge is 0.348 e. The summed E-state index contributed by atoms with van der Waals surface area (Å²) in [6.07, 6.45) is 5.13. The molecular weight excluding hydrogens is 421 g/mol. The molecule has 3 aromatic rings. The monoisotopic (exact) mass is 445 g/mol. The Bertz CT molecular complexity index is 1100. The highest BCUT2D eigenvalue weighted by Crippen LogP contribution is 2.37. The number of methoxy groups -OCH3 is 2. The van der Waals surface area contributed by atoms with Crippen molar-refractivity contribution in [3.05, 3.63) is 40.8 Å². The number of carbonyl (C=O) groups is 1. The third kappa shape index (κ3) is 4.33. The first kappa shape index (κ1) is 21.5. The second-order valence-corrected chi connectivity index (χ2v) is 8.43. The quantitative estimate of drug-likeness (QED) is 0.534. The number of halogens is 1. The molecular formula is C22H24FN3O4S. The number of anilines is 2. The lowest BCUT2D eigenvalue weighted by Gasteiger charge is -2.31. The van der Waals surface area contributed by atoms with Gasteiger partial charge in [-0.15, -0.1) is 11.3 Å². The van der Waals surface area contributed by atoms with E-state index in [-0.39, 0.29) is 12.2 Å². The normalized spacial score (nSPS) is 18.7. The summed E-state index contributed by atoms with van der Waals surface area (Å²) in [6, 6.07) is 4.34. The van der Waals surface area contributed by atoms with Gasteiger partial charge in [-0.25, -0.2) is 19.2 Å². The molecule has 0 unspecified atom stereocenters. The summed E-state index contributed by atoms with van der Waals surface area (Å²) in [4.78, 5) is 21.9. The van der Waals surface area contributed by atoms with Crippen LogP contribution >= 0.6 is 11.3 Å². The van der Waals surface area contributed by atoms with Crippen molar-refractivity contribution >= 4 is 39.0 Å². The van der Waals surface area contributed by atoms with Crippen LogP contribution in [0, 0.1) is 12.7 Å². The molecule has 164 valence electrons. The maximum absolute atomic E-state index is 14.1. The molecule has 0 spiro atoms. The van der Waals surface area contributed by atoms with Crippen LogP contribution in [-0.4, -0.2) is 42.4 Å². The van der Waals surface area contributed by atoms with Gasteiger partial charge in [0.25, 0.3) is 0 Å². The zero-order valence-corrected chi connectivity index (χ0v) is 18.4. The molecule has 0 saturated heterocycles. The fourth-order valence-electron chi connectivity index (χ4n) is 3.91. The second kappa shape index (κ2) is 9.15. The van der Waals surface area contributed by atoms with Crippen molar-refractivity contribution in [2.45, 2.75) is 44.8 Å². The molecule has 7 nitrogen and oxygen atoms in total. The number of hydrogen-bond donors (Lipinski definition) is 1. The van der Waals surface area contributed by atoms with Crippen LogP contribution in [0.2, 0.25) is 0 Å². The molecule has 9 heteroatoms. The molecule has 1 aliphatic carbocycles. The Morgan fingerprint density at radius 2 is 1.97 bits per heavy atom. The number of aromatic nitrogens is 2. The molecule has 1 aliphatic rings. The topological polar surface area (TPSA) is 82.6 Å². The summed E-state index contributed by atoms with van der Waals surface area (Å²) in [5.41, 5.74) is 1.30. The summed E-state index contributed by atoms with van der Waals surface area (Å²) >= 11 is 1.25. The molecule has 0 amide bonds. The summed E-state index contributed by atoms with van der Waals surface area (Å²) in [7, 11) is 3.02. The van der Waals surface area contributed by atoms with E-state index in [0.717, 1.165) is 36.6 Å². The Morgan fingerprint density at radius 1 is 1.19 bits per heavy atom. The number of nitrogens with zero attached hydrogens (tertiary/aromatic N) is 2. The van der Waals surface area contributed by atoms with Gasteiger partial charge in [0.15, 0.2) is 0 Å². The van der Waals surface area contributed by atoms with E-state index in [0.29, 0.717) is 27.0 Å². The van der Waals surface area contributed by atoms with E-state index in [9.17, 15) is 9.18 Å². The second-order valence-electron chi connectivity index (χ2n) is 7.43. The van der Waals surface area contributed by atoms with Gasteiger partial charge >= 0.3 is 5.97 Å². The molecule has 2 atom stereocenters. The van der Waals surface area contributed by atoms with Gasteiger partial charge in [-0.1, -0.05) is 6.42 Å². The highest BCUT2D eigenvalue weighted by Gasteiger charge is 2.28. The van der Waals surface area contributed by atoms with Gasteiger partial charge in [-0.3, -0.25) is 0 Å². The van der Waals surface area contributed by atoms with Gasteiger partial charge in [0.05, 0.1) is 24.3 Å². The predicted octanol–water partition coefficient (Wildman–Crippen LogP) is 5.01. The van der Waals surface area contributed by atoms with Gasteiger partial charge in [0, 0.05) is 13.2 Å². The highest BCUT2D eigenvalue weighted by atomic mass is 32.1. The van der Waals surface area contributed by atoms with E-state index < -0.39 is 11.8 Å². The van der Waals surface area contributed by atoms with Crippen LogP contribution in [0.25, 0.3) is 10.2 Å². The van der Waals surface area contributed by atoms with Crippen LogP contribution in [0.15, 0.2) is 24.5 Å². The first-order valence-electron chi connectivity index (χ1n) is 10.1. The van der Waals surface area contributed by atoms with Crippen molar-refractivity contribution in [3.63, 3.8) is 0 Å². The number of rotatable bonds is 6. The lowest BCUT2D eigenvalue weighted by molar-refractivity contribution is -0.0227. The number of benzene rings is 1. The number of carbonyl (C=O) groups excluding carboxylic acids is 1. The molecule has 0 radical (unpaired) electrons. The zero-order valence-electron chi connectivity index (χ0n) is 17.6. The van der Waals surface area contributed by atoms with Gasteiger partial charge in [-0.2, -0.15) is 0 Å². The lowest BCUT2D eigenvalue weighted by Crippen LogP contribution is -2.36. The molecule has 2 heterocycles. The summed E-state index contributed by atoms with van der Waals surface area (Å²) < 4.78 is 30.7. The van der Waals surface area contributed by atoms with Crippen molar-refractivity contribution < 1.29 is 23.4 Å². The number of hydrogen-bond acceptors (Lipinski definition) is 8. The van der Waals surface area contributed by atoms with E-state index in [4.69, 9.17) is 14.2 Å². The van der Waals surface area contributed by atoms with Gasteiger partial charge in [0.1, 0.15) is 39.5 Å². The predicted molar refractivity (Wildman–Crippen MR) is 117 cm³/mol.